The van der Waals surface area contributed by atoms with Gasteiger partial charge in [0.2, 0.25) is 5.91 Å². The molecule has 2 aliphatic heterocycles. The summed E-state index contributed by atoms with van der Waals surface area (Å²) in [6.07, 6.45) is 4.05. The number of fused-ring (bicyclic) bond motifs is 1. The number of amides is 1. The van der Waals surface area contributed by atoms with Crippen LogP contribution >= 0.6 is 11.6 Å². The van der Waals surface area contributed by atoms with E-state index in [9.17, 15) is 9.59 Å². The van der Waals surface area contributed by atoms with Crippen molar-refractivity contribution in [1.29, 1.82) is 5.26 Å². The van der Waals surface area contributed by atoms with Crippen molar-refractivity contribution in [2.45, 2.75) is 39.0 Å². The maximum Gasteiger partial charge on any atom is 0.341 e. The summed E-state index contributed by atoms with van der Waals surface area (Å²) in [7, 11) is 0. The third-order valence-corrected chi connectivity index (χ3v) is 8.98. The smallest absolute Gasteiger partial charge is 0.341 e. The second kappa shape index (κ2) is 11.0. The molecule has 4 heterocycles. The minimum Gasteiger partial charge on any atom is -0.440 e. The Morgan fingerprint density at radius 3 is 2.79 bits per heavy atom. The van der Waals surface area contributed by atoms with Crippen LogP contribution in [-0.4, -0.2) is 56.5 Å². The number of likely N-dealkylation sites (tertiary alicyclic amines) is 1. The summed E-state index contributed by atoms with van der Waals surface area (Å²) in [5.74, 6) is 0.529. The molecule has 42 heavy (non-hydrogen) atoms. The Hall–Kier alpha value is -4.62. The van der Waals surface area contributed by atoms with Gasteiger partial charge in [0.05, 0.1) is 28.2 Å². The first-order valence-corrected chi connectivity index (χ1v) is 14.2. The van der Waals surface area contributed by atoms with Crippen molar-refractivity contribution in [2.75, 3.05) is 29.9 Å². The molecule has 2 aromatic carbocycles. The lowest BCUT2D eigenvalue weighted by Crippen LogP contribution is -2.69. The molecule has 0 unspecified atom stereocenters. The van der Waals surface area contributed by atoms with Gasteiger partial charge in [0.25, 0.3) is 0 Å². The molecule has 11 heteroatoms. The van der Waals surface area contributed by atoms with Crippen molar-refractivity contribution in [3.05, 3.63) is 77.2 Å². The van der Waals surface area contributed by atoms with Gasteiger partial charge in [0, 0.05) is 36.5 Å². The van der Waals surface area contributed by atoms with Crippen LogP contribution < -0.4 is 10.2 Å². The van der Waals surface area contributed by atoms with Gasteiger partial charge in [-0.05, 0) is 55.2 Å². The maximum absolute atomic E-state index is 13.2. The number of halogens is 1. The number of nitriles is 1. The van der Waals surface area contributed by atoms with Crippen LogP contribution in [0.25, 0.3) is 11.0 Å². The molecule has 1 spiro atoms. The highest BCUT2D eigenvalue weighted by Gasteiger charge is 2.56. The number of carbonyl (C=O) groups excluding carboxylic acids is 2. The van der Waals surface area contributed by atoms with Crippen molar-refractivity contribution >= 4 is 51.7 Å². The normalized spacial score (nSPS) is 19.5. The molecular weight excluding hydrogens is 554 g/mol. The lowest BCUT2D eigenvalue weighted by molar-refractivity contribution is -0.152. The molecule has 214 valence electrons. The highest BCUT2D eigenvalue weighted by atomic mass is 35.5. The second-order valence-corrected chi connectivity index (χ2v) is 11.3. The molecule has 2 saturated heterocycles. The molecule has 0 aliphatic carbocycles. The number of esters is 1. The summed E-state index contributed by atoms with van der Waals surface area (Å²) < 4.78 is 7.50. The molecular formula is C31H30ClN7O3. The fraction of sp³-hybridized carbons (Fsp3) is 0.323. The minimum atomic E-state index is -0.475. The van der Waals surface area contributed by atoms with Gasteiger partial charge in [-0.1, -0.05) is 36.7 Å². The van der Waals surface area contributed by atoms with E-state index in [1.54, 1.807) is 16.7 Å². The van der Waals surface area contributed by atoms with Gasteiger partial charge in [-0.25, -0.2) is 14.8 Å². The topological polar surface area (TPSA) is 116 Å². The zero-order valence-electron chi connectivity index (χ0n) is 23.4. The predicted octanol–water partition coefficient (Wildman–Crippen LogP) is 5.29. The number of carbonyl (C=O) groups is 2. The van der Waals surface area contributed by atoms with Crippen LogP contribution in [0, 0.1) is 24.2 Å². The molecule has 6 rings (SSSR count). The average molecular weight is 584 g/mol. The number of anilines is 3. The maximum atomic E-state index is 13.2. The zero-order chi connectivity index (χ0) is 29.4. The third kappa shape index (κ3) is 4.69. The van der Waals surface area contributed by atoms with Crippen LogP contribution in [0.4, 0.5) is 17.2 Å². The van der Waals surface area contributed by atoms with Crippen molar-refractivity contribution < 1.29 is 14.3 Å². The Kier molecular flexibility index (Phi) is 7.21. The van der Waals surface area contributed by atoms with Gasteiger partial charge < -0.3 is 19.9 Å². The predicted molar refractivity (Wildman–Crippen MR) is 160 cm³/mol. The Morgan fingerprint density at radius 1 is 1.17 bits per heavy atom. The summed E-state index contributed by atoms with van der Waals surface area (Å²) in [4.78, 5) is 38.9. The number of rotatable bonds is 7. The molecule has 2 aromatic heterocycles. The van der Waals surface area contributed by atoms with Crippen LogP contribution in [0.3, 0.4) is 0 Å². The fourth-order valence-corrected chi connectivity index (χ4v) is 6.30. The van der Waals surface area contributed by atoms with E-state index in [-0.39, 0.29) is 24.6 Å². The van der Waals surface area contributed by atoms with Gasteiger partial charge in [-0.2, -0.15) is 5.26 Å². The quantitative estimate of drug-likeness (QED) is 0.292. The van der Waals surface area contributed by atoms with Crippen LogP contribution in [0.5, 0.6) is 0 Å². The second-order valence-electron chi connectivity index (χ2n) is 10.9. The molecule has 1 amide bonds. The summed E-state index contributed by atoms with van der Waals surface area (Å²) in [6, 6.07) is 16.7. The highest BCUT2D eigenvalue weighted by molar-refractivity contribution is 6.31. The fourth-order valence-electron chi connectivity index (χ4n) is 6.12. The van der Waals surface area contributed by atoms with Gasteiger partial charge in [-0.15, -0.1) is 0 Å². The first-order valence-electron chi connectivity index (χ1n) is 13.8. The van der Waals surface area contributed by atoms with Crippen molar-refractivity contribution in [3.63, 3.8) is 0 Å². The lowest BCUT2D eigenvalue weighted by atomic mass is 9.74. The van der Waals surface area contributed by atoms with E-state index >= 15 is 0 Å². The Balaban J connectivity index is 1.18. The summed E-state index contributed by atoms with van der Waals surface area (Å²) in [6.45, 7) is 6.10. The Labute approximate surface area is 248 Å². The number of benzene rings is 2. The highest BCUT2D eigenvalue weighted by Crippen LogP contribution is 2.45. The van der Waals surface area contributed by atoms with Crippen molar-refractivity contribution in [3.8, 4) is 6.07 Å². The van der Waals surface area contributed by atoms with Crippen LogP contribution in [0.15, 0.2) is 61.1 Å². The van der Waals surface area contributed by atoms with Crippen molar-refractivity contribution in [2.24, 2.45) is 5.92 Å². The monoisotopic (exact) mass is 583 g/mol. The van der Waals surface area contributed by atoms with Crippen LogP contribution in [0.1, 0.15) is 35.7 Å². The van der Waals surface area contributed by atoms with E-state index in [4.69, 9.17) is 21.6 Å². The molecule has 2 aliphatic rings. The first-order chi connectivity index (χ1) is 20.3. The largest absolute Gasteiger partial charge is 0.440 e. The standard InChI is InChI=1S/C31H30ClN7O3/c1-20-16-39(27(40)10-13-33)31(20)12-15-37(17-31)28-23-11-14-38(29(23)35-18-34-28)19-42-30(41)22-6-3-4-8-26(22)36-25-9-5-7-24(32)21(25)2/h3-9,11,14,18,20,36H,10,12,15-17,19H2,1-2H3/t20-,31-/m0/s1. The van der Waals surface area contributed by atoms with Gasteiger partial charge >= 0.3 is 5.97 Å². The Bertz CT molecular complexity index is 1730. The molecule has 0 radical (unpaired) electrons. The molecule has 1 N–H and O–H groups in total. The number of hydrogen-bond acceptors (Lipinski definition) is 8. The number of ether oxygens (including phenoxy) is 1. The zero-order valence-corrected chi connectivity index (χ0v) is 24.1. The number of hydrogen-bond donors (Lipinski definition) is 1. The molecule has 10 nitrogen and oxygen atoms in total. The van der Waals surface area contributed by atoms with Crippen LogP contribution in [0.2, 0.25) is 5.02 Å². The van der Waals surface area contributed by atoms with Gasteiger partial charge in [-0.3, -0.25) is 9.36 Å². The molecule has 4 aromatic rings. The molecule has 2 atom stereocenters. The SMILES string of the molecule is Cc1c(Cl)cccc1Nc1ccccc1C(=O)OCn1ccc2c(N3CC[C@]4(C3)[C@@H](C)CN4C(=O)CC#N)ncnc21. The van der Waals surface area contributed by atoms with Crippen molar-refractivity contribution in [1.82, 2.24) is 19.4 Å². The van der Waals surface area contributed by atoms with E-state index in [1.165, 1.54) is 6.33 Å². The minimum absolute atomic E-state index is 0.0271. The summed E-state index contributed by atoms with van der Waals surface area (Å²) >= 11 is 6.28. The lowest BCUT2D eigenvalue weighted by Gasteiger charge is -2.55. The van der Waals surface area contributed by atoms with E-state index < -0.39 is 5.97 Å². The number of para-hydroxylation sites is 1. The van der Waals surface area contributed by atoms with Crippen LogP contribution in [-0.2, 0) is 16.3 Å². The molecule has 2 fully saturated rings. The number of nitrogens with zero attached hydrogens (tertiary/aromatic N) is 6. The van der Waals surface area contributed by atoms with E-state index in [0.717, 1.165) is 35.4 Å². The average Bonchev–Trinajstić information content (AvgIpc) is 3.64. The first kappa shape index (κ1) is 27.5. The van der Waals surface area contributed by atoms with Gasteiger partial charge in [0.1, 0.15) is 24.2 Å². The number of aromatic nitrogens is 3. The molecule has 0 bridgehead atoms. The van der Waals surface area contributed by atoms with Gasteiger partial charge in [0.15, 0.2) is 6.73 Å². The third-order valence-electron chi connectivity index (χ3n) is 8.58. The van der Waals surface area contributed by atoms with E-state index in [2.05, 4.69) is 27.1 Å². The summed E-state index contributed by atoms with van der Waals surface area (Å²) in [5.41, 5.74) is 3.07. The van der Waals surface area contributed by atoms with E-state index in [0.29, 0.717) is 40.9 Å². The number of nitrogens with one attached hydrogen (secondary N) is 1. The molecule has 0 saturated carbocycles. The van der Waals surface area contributed by atoms with E-state index in [1.807, 2.05) is 60.5 Å². The summed E-state index contributed by atoms with van der Waals surface area (Å²) in [5, 5.41) is 13.8. The Morgan fingerprint density at radius 2 is 1.98 bits per heavy atom.